The Hall–Kier alpha value is -1.47. The summed E-state index contributed by atoms with van der Waals surface area (Å²) in [6, 6.07) is 4.12. The number of aromatic nitrogens is 1. The molecule has 0 aliphatic rings. The second-order valence-corrected chi connectivity index (χ2v) is 5.42. The zero-order valence-electron chi connectivity index (χ0n) is 10.8. The first kappa shape index (κ1) is 14.9. The average molecular weight is 304 g/mol. The van der Waals surface area contributed by atoms with Gasteiger partial charge in [-0.3, -0.25) is 0 Å². The summed E-state index contributed by atoms with van der Waals surface area (Å²) in [6.07, 6.45) is -4.51. The first-order valence-corrected chi connectivity index (χ1v) is 6.62. The number of hydrogen-bond acceptors (Lipinski definition) is 3. The summed E-state index contributed by atoms with van der Waals surface area (Å²) in [5.74, 6) is -0.487. The number of nitrogens with zero attached hydrogens (tertiary/aromatic N) is 1. The molecule has 0 bridgehead atoms. The van der Waals surface area contributed by atoms with E-state index in [2.05, 4.69) is 10.3 Å². The Balaban J connectivity index is 2.52. The minimum atomic E-state index is -4.51. The molecular weight excluding hydrogens is 292 g/mol. The van der Waals surface area contributed by atoms with Gasteiger partial charge in [0.25, 0.3) is 0 Å². The summed E-state index contributed by atoms with van der Waals surface area (Å²) in [7, 11) is 1.56. The molecule has 1 aromatic carbocycles. The zero-order chi connectivity index (χ0) is 14.9. The Morgan fingerprint density at radius 3 is 2.50 bits per heavy atom. The number of thiazole rings is 1. The van der Waals surface area contributed by atoms with Crippen LogP contribution in [-0.2, 0) is 12.7 Å². The molecule has 1 aromatic heterocycles. The molecule has 108 valence electrons. The molecule has 2 nitrogen and oxygen atoms in total. The molecule has 0 radical (unpaired) electrons. The quantitative estimate of drug-likeness (QED) is 0.867. The second kappa shape index (κ2) is 5.49. The molecule has 0 aliphatic carbocycles. The lowest BCUT2D eigenvalue weighted by molar-refractivity contribution is -0.141. The fourth-order valence-electron chi connectivity index (χ4n) is 1.84. The van der Waals surface area contributed by atoms with Crippen LogP contribution in [0.5, 0.6) is 0 Å². The van der Waals surface area contributed by atoms with E-state index in [9.17, 15) is 17.6 Å². The second-order valence-electron chi connectivity index (χ2n) is 4.34. The molecule has 0 atom stereocenters. The lowest BCUT2D eigenvalue weighted by Gasteiger charge is -2.04. The van der Waals surface area contributed by atoms with Gasteiger partial charge in [0.15, 0.2) is 5.69 Å². The maximum Gasteiger partial charge on any atom is 0.434 e. The average Bonchev–Trinajstić information content (AvgIpc) is 2.72. The van der Waals surface area contributed by atoms with Gasteiger partial charge in [0, 0.05) is 12.1 Å². The Kier molecular flexibility index (Phi) is 4.10. The van der Waals surface area contributed by atoms with Crippen LogP contribution in [0.3, 0.4) is 0 Å². The van der Waals surface area contributed by atoms with Crippen molar-refractivity contribution >= 4 is 11.3 Å². The standard InChI is InChI=1S/C13H12F4N2S/c1-7-3-8(5-9(14)4-7)12-19-11(13(15,16)17)10(20-12)6-18-2/h3-5,18H,6H2,1-2H3. The van der Waals surface area contributed by atoms with E-state index in [0.717, 1.165) is 11.3 Å². The Morgan fingerprint density at radius 2 is 1.95 bits per heavy atom. The van der Waals surface area contributed by atoms with Gasteiger partial charge in [-0.25, -0.2) is 9.37 Å². The van der Waals surface area contributed by atoms with Gasteiger partial charge in [0.2, 0.25) is 0 Å². The van der Waals surface area contributed by atoms with Gasteiger partial charge >= 0.3 is 6.18 Å². The van der Waals surface area contributed by atoms with E-state index in [0.29, 0.717) is 11.1 Å². The molecule has 0 amide bonds. The highest BCUT2D eigenvalue weighted by molar-refractivity contribution is 7.15. The maximum absolute atomic E-state index is 13.3. The SMILES string of the molecule is CNCc1sc(-c2cc(C)cc(F)c2)nc1C(F)(F)F. The van der Waals surface area contributed by atoms with Crippen molar-refractivity contribution in [3.63, 3.8) is 0 Å². The Bertz CT molecular complexity index is 599. The first-order chi connectivity index (χ1) is 9.31. The van der Waals surface area contributed by atoms with Crippen molar-refractivity contribution in [2.45, 2.75) is 19.6 Å². The van der Waals surface area contributed by atoms with Crippen molar-refractivity contribution in [2.24, 2.45) is 0 Å². The number of aryl methyl sites for hydroxylation is 1. The van der Waals surface area contributed by atoms with Gasteiger partial charge in [0.1, 0.15) is 10.8 Å². The highest BCUT2D eigenvalue weighted by Crippen LogP contribution is 2.37. The monoisotopic (exact) mass is 304 g/mol. The number of halogens is 4. The molecule has 0 spiro atoms. The van der Waals surface area contributed by atoms with E-state index in [1.807, 2.05) is 0 Å². The van der Waals surface area contributed by atoms with Gasteiger partial charge in [-0.15, -0.1) is 11.3 Å². The number of benzene rings is 1. The molecule has 2 rings (SSSR count). The summed E-state index contributed by atoms with van der Waals surface area (Å²) in [5, 5.41) is 2.85. The number of alkyl halides is 3. The van der Waals surface area contributed by atoms with E-state index in [-0.39, 0.29) is 16.4 Å². The molecule has 0 fully saturated rings. The zero-order valence-corrected chi connectivity index (χ0v) is 11.6. The van der Waals surface area contributed by atoms with Crippen LogP contribution in [0, 0.1) is 12.7 Å². The van der Waals surface area contributed by atoms with E-state index < -0.39 is 17.7 Å². The lowest BCUT2D eigenvalue weighted by atomic mass is 10.1. The molecule has 0 saturated heterocycles. The van der Waals surface area contributed by atoms with Gasteiger partial charge in [-0.05, 0) is 37.7 Å². The molecule has 0 aliphatic heterocycles. The van der Waals surface area contributed by atoms with Crippen molar-refractivity contribution in [3.8, 4) is 10.6 Å². The van der Waals surface area contributed by atoms with E-state index in [1.165, 1.54) is 12.1 Å². The fourth-order valence-corrected chi connectivity index (χ4v) is 2.92. The Labute approximate surface area is 117 Å². The summed E-state index contributed by atoms with van der Waals surface area (Å²) < 4.78 is 52.1. The normalized spacial score (nSPS) is 11.9. The predicted molar refractivity (Wildman–Crippen MR) is 70.0 cm³/mol. The third-order valence-electron chi connectivity index (χ3n) is 2.59. The van der Waals surface area contributed by atoms with Crippen LogP contribution in [0.2, 0.25) is 0 Å². The van der Waals surface area contributed by atoms with Crippen molar-refractivity contribution in [1.82, 2.24) is 10.3 Å². The summed E-state index contributed by atoms with van der Waals surface area (Å²) in [5.41, 5.74) is 0.0908. The largest absolute Gasteiger partial charge is 0.434 e. The summed E-state index contributed by atoms with van der Waals surface area (Å²) in [4.78, 5) is 3.73. The smallest absolute Gasteiger partial charge is 0.315 e. The molecule has 2 aromatic rings. The molecule has 0 unspecified atom stereocenters. The van der Waals surface area contributed by atoms with Gasteiger partial charge < -0.3 is 5.32 Å². The number of rotatable bonds is 3. The van der Waals surface area contributed by atoms with Gasteiger partial charge in [-0.2, -0.15) is 13.2 Å². The fraction of sp³-hybridized carbons (Fsp3) is 0.308. The van der Waals surface area contributed by atoms with Gasteiger partial charge in [-0.1, -0.05) is 0 Å². The minimum absolute atomic E-state index is 0.0702. The molecule has 0 saturated carbocycles. The molecular formula is C13H12F4N2S. The molecule has 1 heterocycles. The molecule has 1 N–H and O–H groups in total. The van der Waals surface area contributed by atoms with Crippen molar-refractivity contribution < 1.29 is 17.6 Å². The van der Waals surface area contributed by atoms with Crippen LogP contribution in [0.15, 0.2) is 18.2 Å². The van der Waals surface area contributed by atoms with Crippen LogP contribution in [0.1, 0.15) is 16.1 Å². The molecule has 7 heteroatoms. The maximum atomic E-state index is 13.3. The third-order valence-corrected chi connectivity index (χ3v) is 3.70. The predicted octanol–water partition coefficient (Wildman–Crippen LogP) is 4.00. The summed E-state index contributed by atoms with van der Waals surface area (Å²) in [6.45, 7) is 1.75. The van der Waals surface area contributed by atoms with Crippen LogP contribution < -0.4 is 5.32 Å². The van der Waals surface area contributed by atoms with E-state index >= 15 is 0 Å². The van der Waals surface area contributed by atoms with Crippen LogP contribution in [0.25, 0.3) is 10.6 Å². The van der Waals surface area contributed by atoms with Crippen LogP contribution in [0.4, 0.5) is 17.6 Å². The lowest BCUT2D eigenvalue weighted by Crippen LogP contribution is -2.12. The Morgan fingerprint density at radius 1 is 1.25 bits per heavy atom. The third kappa shape index (κ3) is 3.16. The van der Waals surface area contributed by atoms with E-state index in [4.69, 9.17) is 0 Å². The first-order valence-electron chi connectivity index (χ1n) is 5.80. The number of nitrogens with one attached hydrogen (secondary N) is 1. The number of hydrogen-bond donors (Lipinski definition) is 1. The van der Waals surface area contributed by atoms with Crippen molar-refractivity contribution in [1.29, 1.82) is 0 Å². The summed E-state index contributed by atoms with van der Waals surface area (Å²) >= 11 is 0.921. The van der Waals surface area contributed by atoms with Crippen molar-refractivity contribution in [3.05, 3.63) is 40.2 Å². The minimum Gasteiger partial charge on any atom is -0.315 e. The highest BCUT2D eigenvalue weighted by atomic mass is 32.1. The highest BCUT2D eigenvalue weighted by Gasteiger charge is 2.37. The molecule has 20 heavy (non-hydrogen) atoms. The topological polar surface area (TPSA) is 24.9 Å². The van der Waals surface area contributed by atoms with Crippen LogP contribution in [-0.4, -0.2) is 12.0 Å². The van der Waals surface area contributed by atoms with Crippen molar-refractivity contribution in [2.75, 3.05) is 7.05 Å². The van der Waals surface area contributed by atoms with Crippen LogP contribution >= 0.6 is 11.3 Å². The van der Waals surface area contributed by atoms with E-state index in [1.54, 1.807) is 20.0 Å². The van der Waals surface area contributed by atoms with Gasteiger partial charge in [0.05, 0.1) is 4.88 Å².